The normalized spacial score (nSPS) is 24.4. The van der Waals surface area contributed by atoms with Gasteiger partial charge in [-0.05, 0) is 43.2 Å². The predicted molar refractivity (Wildman–Crippen MR) is 82.2 cm³/mol. The van der Waals surface area contributed by atoms with Gasteiger partial charge in [0.15, 0.2) is 5.96 Å². The third kappa shape index (κ3) is 2.47. The van der Waals surface area contributed by atoms with Crippen LogP contribution in [0.3, 0.4) is 0 Å². The third-order valence-electron chi connectivity index (χ3n) is 4.86. The number of hydrogen-bond acceptors (Lipinski definition) is 2. The molecule has 108 valence electrons. The molecule has 0 saturated heterocycles. The molecule has 3 N–H and O–H groups in total. The van der Waals surface area contributed by atoms with Crippen LogP contribution in [0.4, 0.5) is 5.69 Å². The molecule has 2 aliphatic rings. The lowest BCUT2D eigenvalue weighted by atomic mass is 9.63. The van der Waals surface area contributed by atoms with Crippen molar-refractivity contribution < 1.29 is 4.74 Å². The number of nitrogens with one attached hydrogen (secondary N) is 1. The standard InChI is InChI=1S/C16H23N3O/c1-20-13-6-4-5-12(11-13)18-15(17)19-14-7-10-16(14)8-2-3-9-16/h4-6,11,14H,2-3,7-10H2,1H3,(H3,17,18,19). The van der Waals surface area contributed by atoms with Gasteiger partial charge in [0.25, 0.3) is 0 Å². The van der Waals surface area contributed by atoms with Crippen LogP contribution in [0.25, 0.3) is 0 Å². The lowest BCUT2D eigenvalue weighted by Gasteiger charge is -2.45. The summed E-state index contributed by atoms with van der Waals surface area (Å²) in [6.07, 6.45) is 7.87. The van der Waals surface area contributed by atoms with Crippen LogP contribution in [0.1, 0.15) is 38.5 Å². The number of rotatable bonds is 3. The molecule has 1 unspecified atom stereocenters. The zero-order valence-corrected chi connectivity index (χ0v) is 12.1. The summed E-state index contributed by atoms with van der Waals surface area (Å²) in [5.74, 6) is 1.34. The summed E-state index contributed by atoms with van der Waals surface area (Å²) in [4.78, 5) is 4.71. The fourth-order valence-corrected chi connectivity index (χ4v) is 3.59. The fraction of sp³-hybridized carbons (Fsp3) is 0.562. The molecule has 1 spiro atoms. The first-order valence-electron chi connectivity index (χ1n) is 7.46. The average Bonchev–Trinajstić information content (AvgIpc) is 2.96. The average molecular weight is 273 g/mol. The van der Waals surface area contributed by atoms with Gasteiger partial charge in [0, 0.05) is 11.8 Å². The zero-order chi connectivity index (χ0) is 14.0. The predicted octanol–water partition coefficient (Wildman–Crippen LogP) is 3.14. The zero-order valence-electron chi connectivity index (χ0n) is 12.1. The highest BCUT2D eigenvalue weighted by Gasteiger charge is 2.48. The molecule has 0 bridgehead atoms. The lowest BCUT2D eigenvalue weighted by Crippen LogP contribution is -2.43. The Kier molecular flexibility index (Phi) is 3.55. The number of nitrogens with two attached hydrogens (primary N) is 1. The molecule has 0 aromatic heterocycles. The van der Waals surface area contributed by atoms with E-state index in [0.717, 1.165) is 11.4 Å². The van der Waals surface area contributed by atoms with Crippen molar-refractivity contribution in [3.05, 3.63) is 24.3 Å². The molecular weight excluding hydrogens is 250 g/mol. The van der Waals surface area contributed by atoms with Crippen LogP contribution in [0, 0.1) is 5.41 Å². The topological polar surface area (TPSA) is 59.6 Å². The highest BCUT2D eigenvalue weighted by Crippen LogP contribution is 2.54. The van der Waals surface area contributed by atoms with E-state index >= 15 is 0 Å². The molecular formula is C16H23N3O. The molecule has 4 nitrogen and oxygen atoms in total. The largest absolute Gasteiger partial charge is 0.497 e. The Labute approximate surface area is 120 Å². The van der Waals surface area contributed by atoms with Gasteiger partial charge in [0.1, 0.15) is 5.75 Å². The first kappa shape index (κ1) is 13.3. The number of methoxy groups -OCH3 is 1. The first-order chi connectivity index (χ1) is 9.72. The SMILES string of the molecule is COc1cccc(NC(N)=NC2CCC23CCCC3)c1. The molecule has 4 heteroatoms. The maximum Gasteiger partial charge on any atom is 0.193 e. The van der Waals surface area contributed by atoms with Gasteiger partial charge in [-0.2, -0.15) is 0 Å². The minimum Gasteiger partial charge on any atom is -0.497 e. The van der Waals surface area contributed by atoms with Gasteiger partial charge in [-0.1, -0.05) is 18.9 Å². The summed E-state index contributed by atoms with van der Waals surface area (Å²) in [6, 6.07) is 8.17. The number of ether oxygens (including phenoxy) is 1. The van der Waals surface area contributed by atoms with Crippen molar-refractivity contribution in [1.29, 1.82) is 0 Å². The molecule has 2 aliphatic carbocycles. The lowest BCUT2D eigenvalue weighted by molar-refractivity contribution is 0.104. The minimum atomic E-state index is 0.420. The maximum atomic E-state index is 6.06. The van der Waals surface area contributed by atoms with E-state index in [1.165, 1.54) is 38.5 Å². The van der Waals surface area contributed by atoms with Crippen molar-refractivity contribution in [2.45, 2.75) is 44.6 Å². The summed E-state index contributed by atoms with van der Waals surface area (Å²) < 4.78 is 5.21. The van der Waals surface area contributed by atoms with Crippen molar-refractivity contribution >= 4 is 11.6 Å². The molecule has 3 rings (SSSR count). The van der Waals surface area contributed by atoms with Crippen LogP contribution in [0.15, 0.2) is 29.3 Å². The van der Waals surface area contributed by atoms with E-state index in [-0.39, 0.29) is 0 Å². The summed E-state index contributed by atoms with van der Waals surface area (Å²) in [5, 5.41) is 3.17. The molecule has 2 saturated carbocycles. The molecule has 0 radical (unpaired) electrons. The second-order valence-electron chi connectivity index (χ2n) is 6.00. The highest BCUT2D eigenvalue weighted by atomic mass is 16.5. The van der Waals surface area contributed by atoms with E-state index in [0.29, 0.717) is 17.4 Å². The minimum absolute atomic E-state index is 0.420. The van der Waals surface area contributed by atoms with Crippen LogP contribution in [0.2, 0.25) is 0 Å². The van der Waals surface area contributed by atoms with Gasteiger partial charge in [-0.25, -0.2) is 4.99 Å². The Bertz CT molecular complexity index is 506. The van der Waals surface area contributed by atoms with Gasteiger partial charge in [0.2, 0.25) is 0 Å². The van der Waals surface area contributed by atoms with Gasteiger partial charge in [-0.3, -0.25) is 0 Å². The van der Waals surface area contributed by atoms with Crippen molar-refractivity contribution in [2.24, 2.45) is 16.1 Å². The second-order valence-corrected chi connectivity index (χ2v) is 6.00. The number of benzene rings is 1. The van der Waals surface area contributed by atoms with Crippen LogP contribution < -0.4 is 15.8 Å². The van der Waals surface area contributed by atoms with Crippen LogP contribution in [0.5, 0.6) is 5.75 Å². The third-order valence-corrected chi connectivity index (χ3v) is 4.86. The molecule has 0 heterocycles. The van der Waals surface area contributed by atoms with Crippen LogP contribution in [-0.4, -0.2) is 19.1 Å². The number of hydrogen-bond donors (Lipinski definition) is 2. The van der Waals surface area contributed by atoms with E-state index in [4.69, 9.17) is 15.5 Å². The van der Waals surface area contributed by atoms with E-state index in [9.17, 15) is 0 Å². The smallest absolute Gasteiger partial charge is 0.193 e. The van der Waals surface area contributed by atoms with Crippen molar-refractivity contribution in [1.82, 2.24) is 0 Å². The summed E-state index contributed by atoms with van der Waals surface area (Å²) >= 11 is 0. The monoisotopic (exact) mass is 273 g/mol. The van der Waals surface area contributed by atoms with Crippen molar-refractivity contribution in [3.8, 4) is 5.75 Å². The molecule has 1 aromatic rings. The van der Waals surface area contributed by atoms with E-state index in [1.807, 2.05) is 24.3 Å². The Morgan fingerprint density at radius 1 is 1.35 bits per heavy atom. The maximum absolute atomic E-state index is 6.06. The Morgan fingerprint density at radius 2 is 2.15 bits per heavy atom. The van der Waals surface area contributed by atoms with E-state index in [2.05, 4.69) is 5.32 Å². The van der Waals surface area contributed by atoms with Gasteiger partial charge in [-0.15, -0.1) is 0 Å². The molecule has 2 fully saturated rings. The van der Waals surface area contributed by atoms with Crippen molar-refractivity contribution in [3.63, 3.8) is 0 Å². The summed E-state index contributed by atoms with van der Waals surface area (Å²) in [5.41, 5.74) is 7.45. The Hall–Kier alpha value is -1.71. The first-order valence-corrected chi connectivity index (χ1v) is 7.46. The Balaban J connectivity index is 1.66. The molecule has 1 atom stereocenters. The molecule has 20 heavy (non-hydrogen) atoms. The fourth-order valence-electron chi connectivity index (χ4n) is 3.59. The van der Waals surface area contributed by atoms with Crippen LogP contribution in [-0.2, 0) is 0 Å². The van der Waals surface area contributed by atoms with Gasteiger partial charge in [0.05, 0.1) is 13.2 Å². The second kappa shape index (κ2) is 5.35. The van der Waals surface area contributed by atoms with E-state index in [1.54, 1.807) is 7.11 Å². The molecule has 1 aromatic carbocycles. The Morgan fingerprint density at radius 3 is 2.80 bits per heavy atom. The van der Waals surface area contributed by atoms with Gasteiger partial charge < -0.3 is 15.8 Å². The number of aliphatic imine (C=N–C) groups is 1. The highest BCUT2D eigenvalue weighted by molar-refractivity contribution is 5.92. The van der Waals surface area contributed by atoms with Crippen molar-refractivity contribution in [2.75, 3.05) is 12.4 Å². The molecule has 0 aliphatic heterocycles. The van der Waals surface area contributed by atoms with E-state index < -0.39 is 0 Å². The quantitative estimate of drug-likeness (QED) is 0.657. The summed E-state index contributed by atoms with van der Waals surface area (Å²) in [7, 11) is 1.66. The van der Waals surface area contributed by atoms with Crippen LogP contribution >= 0.6 is 0 Å². The number of anilines is 1. The van der Waals surface area contributed by atoms with Gasteiger partial charge >= 0.3 is 0 Å². The number of guanidine groups is 1. The molecule has 0 amide bonds. The summed E-state index contributed by atoms with van der Waals surface area (Å²) in [6.45, 7) is 0. The number of nitrogens with zero attached hydrogens (tertiary/aromatic N) is 1.